The van der Waals surface area contributed by atoms with Crippen molar-refractivity contribution in [3.8, 4) is 0 Å². The maximum Gasteiger partial charge on any atom is 0.223 e. The van der Waals surface area contributed by atoms with Gasteiger partial charge in [-0.1, -0.05) is 0 Å². The molecule has 0 saturated carbocycles. The van der Waals surface area contributed by atoms with E-state index < -0.39 is 0 Å². The van der Waals surface area contributed by atoms with Crippen LogP contribution in [0.15, 0.2) is 4.99 Å². The Balaban J connectivity index is 3.88. The summed E-state index contributed by atoms with van der Waals surface area (Å²) >= 11 is 0. The van der Waals surface area contributed by atoms with Crippen LogP contribution in [0, 0.1) is 0 Å². The van der Waals surface area contributed by atoms with E-state index in [0.717, 1.165) is 0 Å². The predicted molar refractivity (Wildman–Crippen MR) is 69.1 cm³/mol. The summed E-state index contributed by atoms with van der Waals surface area (Å²) in [4.78, 5) is 17.0. The summed E-state index contributed by atoms with van der Waals surface area (Å²) in [6.45, 7) is 3.18. The lowest BCUT2D eigenvalue weighted by Crippen LogP contribution is -2.44. The van der Waals surface area contributed by atoms with Gasteiger partial charge in [-0.15, -0.1) is 0 Å². The maximum atomic E-state index is 11.3. The number of carbonyl (C=O) groups excluding carboxylic acids is 1. The van der Waals surface area contributed by atoms with E-state index in [-0.39, 0.29) is 11.9 Å². The third-order valence-corrected chi connectivity index (χ3v) is 2.15. The van der Waals surface area contributed by atoms with Crippen molar-refractivity contribution in [2.75, 3.05) is 41.4 Å². The Morgan fingerprint density at radius 2 is 2.12 bits per heavy atom. The molecule has 1 atom stereocenters. The number of nitrogens with one attached hydrogen (secondary N) is 2. The average Bonchev–Trinajstić information content (AvgIpc) is 2.27. The average molecular weight is 244 g/mol. The number of ether oxygens (including phenoxy) is 1. The summed E-state index contributed by atoms with van der Waals surface area (Å²) in [5.41, 5.74) is 0. The zero-order valence-electron chi connectivity index (χ0n) is 11.4. The fraction of sp³-hybridized carbons (Fsp3) is 0.818. The first kappa shape index (κ1) is 15.7. The molecule has 0 radical (unpaired) electrons. The van der Waals surface area contributed by atoms with Gasteiger partial charge in [0, 0.05) is 47.3 Å². The van der Waals surface area contributed by atoms with E-state index in [0.29, 0.717) is 25.5 Å². The topological polar surface area (TPSA) is 66.0 Å². The molecule has 1 amide bonds. The van der Waals surface area contributed by atoms with Crippen LogP contribution in [0.3, 0.4) is 0 Å². The highest BCUT2D eigenvalue weighted by Crippen LogP contribution is 1.86. The molecule has 0 aliphatic heterocycles. The van der Waals surface area contributed by atoms with Gasteiger partial charge in [-0.05, 0) is 6.92 Å². The number of hydrogen-bond donors (Lipinski definition) is 2. The van der Waals surface area contributed by atoms with Gasteiger partial charge in [-0.3, -0.25) is 9.79 Å². The van der Waals surface area contributed by atoms with E-state index >= 15 is 0 Å². The summed E-state index contributed by atoms with van der Waals surface area (Å²) in [7, 11) is 6.85. The van der Waals surface area contributed by atoms with Crippen molar-refractivity contribution in [2.24, 2.45) is 4.99 Å². The van der Waals surface area contributed by atoms with E-state index in [4.69, 9.17) is 4.74 Å². The van der Waals surface area contributed by atoms with E-state index in [2.05, 4.69) is 15.6 Å². The highest BCUT2D eigenvalue weighted by Gasteiger charge is 2.06. The standard InChI is InChI=1S/C11H24N4O2/c1-9(8-17-5)14-11(12-2)13-7-6-10(16)15(3)4/h9H,6-8H2,1-5H3,(H2,12,13,14). The molecule has 0 aliphatic rings. The quantitative estimate of drug-likeness (QED) is 0.496. The first-order valence-corrected chi connectivity index (χ1v) is 5.67. The molecule has 0 aromatic rings. The van der Waals surface area contributed by atoms with Crippen LogP contribution < -0.4 is 10.6 Å². The monoisotopic (exact) mass is 244 g/mol. The molecule has 6 heteroatoms. The number of aliphatic imine (C=N–C) groups is 1. The first-order valence-electron chi connectivity index (χ1n) is 5.67. The molecule has 6 nitrogen and oxygen atoms in total. The van der Waals surface area contributed by atoms with Gasteiger partial charge < -0.3 is 20.3 Å². The molecule has 0 bridgehead atoms. The SMILES string of the molecule is CN=C(NCCC(=O)N(C)C)NC(C)COC. The molecular weight excluding hydrogens is 220 g/mol. The van der Waals surface area contributed by atoms with E-state index in [1.165, 1.54) is 0 Å². The number of guanidine groups is 1. The lowest BCUT2D eigenvalue weighted by Gasteiger charge is -2.17. The Morgan fingerprint density at radius 1 is 1.47 bits per heavy atom. The van der Waals surface area contributed by atoms with Crippen molar-refractivity contribution in [2.45, 2.75) is 19.4 Å². The minimum absolute atomic E-state index is 0.0953. The van der Waals surface area contributed by atoms with Gasteiger partial charge in [-0.2, -0.15) is 0 Å². The lowest BCUT2D eigenvalue weighted by atomic mass is 10.3. The molecule has 0 aromatic carbocycles. The summed E-state index contributed by atoms with van der Waals surface area (Å²) in [5, 5.41) is 6.24. The van der Waals surface area contributed by atoms with Crippen LogP contribution in [0.5, 0.6) is 0 Å². The third kappa shape index (κ3) is 7.57. The summed E-state index contributed by atoms with van der Waals surface area (Å²) < 4.78 is 5.02. The molecule has 0 rings (SSSR count). The van der Waals surface area contributed by atoms with Crippen molar-refractivity contribution >= 4 is 11.9 Å². The molecule has 17 heavy (non-hydrogen) atoms. The van der Waals surface area contributed by atoms with Gasteiger partial charge in [0.15, 0.2) is 5.96 Å². The normalized spacial score (nSPS) is 13.1. The van der Waals surface area contributed by atoms with Crippen LogP contribution in [0.25, 0.3) is 0 Å². The van der Waals surface area contributed by atoms with E-state index in [1.54, 1.807) is 33.2 Å². The Kier molecular flexibility index (Phi) is 8.13. The predicted octanol–water partition coefficient (Wildman–Crippen LogP) is -0.335. The van der Waals surface area contributed by atoms with Crippen LogP contribution in [-0.4, -0.2) is 64.2 Å². The number of carbonyl (C=O) groups is 1. The van der Waals surface area contributed by atoms with Crippen molar-refractivity contribution < 1.29 is 9.53 Å². The molecule has 0 spiro atoms. The minimum Gasteiger partial charge on any atom is -0.383 e. The molecule has 1 unspecified atom stereocenters. The van der Waals surface area contributed by atoms with Crippen molar-refractivity contribution in [1.29, 1.82) is 0 Å². The Labute approximate surface area is 103 Å². The van der Waals surface area contributed by atoms with Crippen molar-refractivity contribution in [1.82, 2.24) is 15.5 Å². The van der Waals surface area contributed by atoms with Gasteiger partial charge in [0.25, 0.3) is 0 Å². The molecule has 0 heterocycles. The number of rotatable bonds is 6. The number of hydrogen-bond acceptors (Lipinski definition) is 3. The maximum absolute atomic E-state index is 11.3. The second-order valence-corrected chi connectivity index (χ2v) is 4.04. The highest BCUT2D eigenvalue weighted by atomic mass is 16.5. The van der Waals surface area contributed by atoms with Gasteiger partial charge in [0.05, 0.1) is 6.61 Å². The molecule has 0 aliphatic carbocycles. The van der Waals surface area contributed by atoms with Gasteiger partial charge in [-0.25, -0.2) is 0 Å². The Morgan fingerprint density at radius 3 is 2.59 bits per heavy atom. The van der Waals surface area contributed by atoms with Gasteiger partial charge in [0.2, 0.25) is 5.91 Å². The third-order valence-electron chi connectivity index (χ3n) is 2.15. The van der Waals surface area contributed by atoms with Crippen LogP contribution in [0.4, 0.5) is 0 Å². The lowest BCUT2D eigenvalue weighted by molar-refractivity contribution is -0.128. The summed E-state index contributed by atoms with van der Waals surface area (Å²) in [5.74, 6) is 0.777. The zero-order valence-corrected chi connectivity index (χ0v) is 11.4. The number of amides is 1. The first-order chi connectivity index (χ1) is 8.01. The molecule has 0 aromatic heterocycles. The van der Waals surface area contributed by atoms with Crippen LogP contribution >= 0.6 is 0 Å². The molecule has 100 valence electrons. The van der Waals surface area contributed by atoms with Crippen molar-refractivity contribution in [3.05, 3.63) is 0 Å². The summed E-state index contributed by atoms with van der Waals surface area (Å²) in [6.07, 6.45) is 0.451. The number of nitrogens with zero attached hydrogens (tertiary/aromatic N) is 2. The van der Waals surface area contributed by atoms with Gasteiger partial charge >= 0.3 is 0 Å². The van der Waals surface area contributed by atoms with E-state index in [1.807, 2.05) is 6.92 Å². The Bertz CT molecular complexity index is 254. The van der Waals surface area contributed by atoms with Gasteiger partial charge in [0.1, 0.15) is 0 Å². The van der Waals surface area contributed by atoms with Crippen LogP contribution in [-0.2, 0) is 9.53 Å². The second kappa shape index (κ2) is 8.81. The Hall–Kier alpha value is -1.30. The fourth-order valence-electron chi connectivity index (χ4n) is 1.23. The molecular formula is C11H24N4O2. The second-order valence-electron chi connectivity index (χ2n) is 4.04. The largest absolute Gasteiger partial charge is 0.383 e. The van der Waals surface area contributed by atoms with E-state index in [9.17, 15) is 4.79 Å². The summed E-state index contributed by atoms with van der Waals surface area (Å²) in [6, 6.07) is 0.177. The molecule has 2 N–H and O–H groups in total. The zero-order chi connectivity index (χ0) is 13.3. The minimum atomic E-state index is 0.0953. The molecule has 0 saturated heterocycles. The fourth-order valence-corrected chi connectivity index (χ4v) is 1.23. The molecule has 0 fully saturated rings. The van der Waals surface area contributed by atoms with Crippen LogP contribution in [0.2, 0.25) is 0 Å². The number of methoxy groups -OCH3 is 1. The van der Waals surface area contributed by atoms with Crippen molar-refractivity contribution in [3.63, 3.8) is 0 Å². The van der Waals surface area contributed by atoms with Crippen LogP contribution in [0.1, 0.15) is 13.3 Å². The smallest absolute Gasteiger partial charge is 0.223 e. The highest BCUT2D eigenvalue weighted by molar-refractivity contribution is 5.81.